The van der Waals surface area contributed by atoms with Crippen LogP contribution in [0.25, 0.3) is 0 Å². The summed E-state index contributed by atoms with van der Waals surface area (Å²) in [6, 6.07) is 0. The fourth-order valence-corrected chi connectivity index (χ4v) is 2.30. The van der Waals surface area contributed by atoms with Crippen molar-refractivity contribution in [2.45, 2.75) is 18.8 Å². The minimum Gasteiger partial charge on any atom is -0.354 e. The van der Waals surface area contributed by atoms with Crippen LogP contribution in [0.2, 0.25) is 0 Å². The fourth-order valence-electron chi connectivity index (χ4n) is 2.30. The highest BCUT2D eigenvalue weighted by molar-refractivity contribution is 4.93. The standard InChI is InChI=1S/C11H25N3O2/c1-11(9-12,10(15-3)16-4)14-7-5-13(2)6-8-14/h10H,5-9,12H2,1-4H3. The molecule has 5 nitrogen and oxygen atoms in total. The van der Waals surface area contributed by atoms with Crippen LogP contribution in [0.1, 0.15) is 6.92 Å². The van der Waals surface area contributed by atoms with Crippen LogP contribution in [0.4, 0.5) is 0 Å². The van der Waals surface area contributed by atoms with E-state index in [1.165, 1.54) is 0 Å². The summed E-state index contributed by atoms with van der Waals surface area (Å²) in [7, 11) is 5.47. The quantitative estimate of drug-likeness (QED) is 0.651. The van der Waals surface area contributed by atoms with Crippen molar-refractivity contribution >= 4 is 0 Å². The highest BCUT2D eigenvalue weighted by Gasteiger charge is 2.40. The highest BCUT2D eigenvalue weighted by atomic mass is 16.7. The molecule has 5 heteroatoms. The Morgan fingerprint density at radius 3 is 2.06 bits per heavy atom. The van der Waals surface area contributed by atoms with Gasteiger partial charge in [-0.3, -0.25) is 4.90 Å². The summed E-state index contributed by atoms with van der Waals surface area (Å²) in [6.45, 7) is 6.78. The molecular weight excluding hydrogens is 206 g/mol. The third-order valence-electron chi connectivity index (χ3n) is 3.57. The number of nitrogens with two attached hydrogens (primary N) is 1. The SMILES string of the molecule is COC(OC)C(C)(CN)N1CCN(C)CC1. The van der Waals surface area contributed by atoms with Gasteiger partial charge < -0.3 is 20.1 Å². The largest absolute Gasteiger partial charge is 0.354 e. The average Bonchev–Trinajstić information content (AvgIpc) is 2.31. The van der Waals surface area contributed by atoms with Gasteiger partial charge in [0.25, 0.3) is 0 Å². The summed E-state index contributed by atoms with van der Waals surface area (Å²) in [4.78, 5) is 4.69. The Hall–Kier alpha value is -0.200. The average molecular weight is 231 g/mol. The number of methoxy groups -OCH3 is 2. The van der Waals surface area contributed by atoms with Gasteiger partial charge in [-0.05, 0) is 14.0 Å². The Labute approximate surface area is 98.5 Å². The van der Waals surface area contributed by atoms with Crippen molar-refractivity contribution in [2.75, 3.05) is 54.0 Å². The first-order valence-corrected chi connectivity index (χ1v) is 5.77. The van der Waals surface area contributed by atoms with Gasteiger partial charge in [-0.15, -0.1) is 0 Å². The zero-order chi connectivity index (χ0) is 12.2. The van der Waals surface area contributed by atoms with Crippen LogP contribution in [0.3, 0.4) is 0 Å². The van der Waals surface area contributed by atoms with Gasteiger partial charge in [-0.1, -0.05) is 0 Å². The minimum absolute atomic E-state index is 0.245. The highest BCUT2D eigenvalue weighted by Crippen LogP contribution is 2.22. The van der Waals surface area contributed by atoms with Crippen LogP contribution >= 0.6 is 0 Å². The van der Waals surface area contributed by atoms with E-state index in [2.05, 4.69) is 23.8 Å². The van der Waals surface area contributed by atoms with E-state index in [-0.39, 0.29) is 11.8 Å². The first-order chi connectivity index (χ1) is 7.58. The van der Waals surface area contributed by atoms with Gasteiger partial charge >= 0.3 is 0 Å². The monoisotopic (exact) mass is 231 g/mol. The second kappa shape index (κ2) is 5.93. The molecule has 0 aromatic carbocycles. The van der Waals surface area contributed by atoms with Crippen molar-refractivity contribution in [3.8, 4) is 0 Å². The first kappa shape index (κ1) is 13.9. The summed E-state index contributed by atoms with van der Waals surface area (Å²) in [6.07, 6.45) is -0.277. The maximum absolute atomic E-state index is 5.91. The molecule has 1 aliphatic rings. The zero-order valence-corrected chi connectivity index (χ0v) is 10.9. The molecule has 0 aliphatic carbocycles. The molecule has 1 aliphatic heterocycles. The molecule has 0 amide bonds. The summed E-state index contributed by atoms with van der Waals surface area (Å²) in [5.41, 5.74) is 5.66. The van der Waals surface area contributed by atoms with Gasteiger partial charge in [-0.25, -0.2) is 0 Å². The van der Waals surface area contributed by atoms with E-state index < -0.39 is 0 Å². The second-order valence-electron chi connectivity index (χ2n) is 4.65. The molecule has 0 saturated carbocycles. The molecule has 0 bridgehead atoms. The summed E-state index contributed by atoms with van der Waals surface area (Å²) >= 11 is 0. The van der Waals surface area contributed by atoms with Gasteiger partial charge in [0.2, 0.25) is 0 Å². The van der Waals surface area contributed by atoms with E-state index in [9.17, 15) is 0 Å². The topological polar surface area (TPSA) is 51.0 Å². The van der Waals surface area contributed by atoms with Crippen LogP contribution < -0.4 is 5.73 Å². The molecule has 1 unspecified atom stereocenters. The number of nitrogens with zero attached hydrogens (tertiary/aromatic N) is 2. The Bertz CT molecular complexity index is 203. The Morgan fingerprint density at radius 1 is 1.19 bits per heavy atom. The number of hydrogen-bond donors (Lipinski definition) is 1. The molecule has 1 heterocycles. The minimum atomic E-state index is -0.277. The molecular formula is C11H25N3O2. The second-order valence-corrected chi connectivity index (χ2v) is 4.65. The lowest BCUT2D eigenvalue weighted by Gasteiger charge is -2.47. The maximum atomic E-state index is 5.91. The molecule has 1 fully saturated rings. The third kappa shape index (κ3) is 2.73. The van der Waals surface area contributed by atoms with E-state index in [0.29, 0.717) is 6.54 Å². The summed E-state index contributed by atoms with van der Waals surface area (Å²) in [5, 5.41) is 0. The Morgan fingerprint density at radius 2 is 1.69 bits per heavy atom. The van der Waals surface area contributed by atoms with Gasteiger partial charge in [0, 0.05) is 46.9 Å². The van der Waals surface area contributed by atoms with Gasteiger partial charge in [0.05, 0.1) is 5.54 Å². The first-order valence-electron chi connectivity index (χ1n) is 5.77. The predicted octanol–water partition coefficient (Wildman–Crippen LogP) is -0.430. The molecule has 2 N–H and O–H groups in total. The number of likely N-dealkylation sites (N-methyl/N-ethyl adjacent to an activating group) is 1. The van der Waals surface area contributed by atoms with Crippen molar-refractivity contribution < 1.29 is 9.47 Å². The van der Waals surface area contributed by atoms with E-state index in [1.54, 1.807) is 14.2 Å². The fraction of sp³-hybridized carbons (Fsp3) is 1.00. The van der Waals surface area contributed by atoms with Gasteiger partial charge in [-0.2, -0.15) is 0 Å². The molecule has 0 aromatic heterocycles. The van der Waals surface area contributed by atoms with Gasteiger partial charge in [0.15, 0.2) is 6.29 Å². The van der Waals surface area contributed by atoms with Crippen molar-refractivity contribution in [1.82, 2.24) is 9.80 Å². The van der Waals surface area contributed by atoms with Crippen LogP contribution in [-0.2, 0) is 9.47 Å². The molecule has 16 heavy (non-hydrogen) atoms. The smallest absolute Gasteiger partial charge is 0.176 e. The number of hydrogen-bond acceptors (Lipinski definition) is 5. The molecule has 0 spiro atoms. The molecule has 0 radical (unpaired) electrons. The molecule has 96 valence electrons. The third-order valence-corrected chi connectivity index (χ3v) is 3.57. The van der Waals surface area contributed by atoms with Crippen molar-refractivity contribution in [2.24, 2.45) is 5.73 Å². The molecule has 1 atom stereocenters. The number of rotatable bonds is 5. The van der Waals surface area contributed by atoms with E-state index in [1.807, 2.05) is 0 Å². The Balaban J connectivity index is 2.70. The van der Waals surface area contributed by atoms with Gasteiger partial charge in [0.1, 0.15) is 0 Å². The normalized spacial score (nSPS) is 23.6. The van der Waals surface area contributed by atoms with Crippen molar-refractivity contribution in [3.63, 3.8) is 0 Å². The summed E-state index contributed by atoms with van der Waals surface area (Å²) < 4.78 is 10.8. The van der Waals surface area contributed by atoms with Crippen LogP contribution in [-0.4, -0.2) is 75.6 Å². The lowest BCUT2D eigenvalue weighted by Crippen LogP contribution is -2.64. The Kier molecular flexibility index (Phi) is 5.14. The van der Waals surface area contributed by atoms with Crippen LogP contribution in [0.15, 0.2) is 0 Å². The van der Waals surface area contributed by atoms with Crippen LogP contribution in [0, 0.1) is 0 Å². The molecule has 0 aromatic rings. The molecule has 1 saturated heterocycles. The van der Waals surface area contributed by atoms with E-state index in [4.69, 9.17) is 15.2 Å². The zero-order valence-electron chi connectivity index (χ0n) is 10.9. The number of piperazine rings is 1. The van der Waals surface area contributed by atoms with E-state index >= 15 is 0 Å². The van der Waals surface area contributed by atoms with Crippen molar-refractivity contribution in [3.05, 3.63) is 0 Å². The summed E-state index contributed by atoms with van der Waals surface area (Å²) in [5.74, 6) is 0. The number of ether oxygens (including phenoxy) is 2. The van der Waals surface area contributed by atoms with Crippen molar-refractivity contribution in [1.29, 1.82) is 0 Å². The van der Waals surface area contributed by atoms with Crippen LogP contribution in [0.5, 0.6) is 0 Å². The lowest BCUT2D eigenvalue weighted by molar-refractivity contribution is -0.185. The molecule has 1 rings (SSSR count). The van der Waals surface area contributed by atoms with E-state index in [0.717, 1.165) is 26.2 Å². The lowest BCUT2D eigenvalue weighted by atomic mass is 9.98. The maximum Gasteiger partial charge on any atom is 0.176 e. The predicted molar refractivity (Wildman–Crippen MR) is 64.3 cm³/mol.